The molecule has 1 amide bonds. The summed E-state index contributed by atoms with van der Waals surface area (Å²) in [5.74, 6) is 2.31. The van der Waals surface area contributed by atoms with Gasteiger partial charge in [-0.05, 0) is 17.8 Å². The van der Waals surface area contributed by atoms with Gasteiger partial charge in [-0.2, -0.15) is 4.73 Å². The molecule has 0 atom stereocenters. The van der Waals surface area contributed by atoms with Gasteiger partial charge in [-0.15, -0.1) is 6.42 Å². The van der Waals surface area contributed by atoms with Crippen molar-refractivity contribution >= 4 is 17.7 Å². The lowest BCUT2D eigenvalue weighted by Crippen LogP contribution is -2.30. The molecule has 15 heavy (non-hydrogen) atoms. The van der Waals surface area contributed by atoms with Gasteiger partial charge >= 0.3 is 0 Å². The molecule has 0 aliphatic heterocycles. The zero-order valence-corrected chi connectivity index (χ0v) is 8.79. The maximum absolute atomic E-state index is 11.2. The lowest BCUT2D eigenvalue weighted by Gasteiger charge is -2.02. The van der Waals surface area contributed by atoms with E-state index in [9.17, 15) is 10.0 Å². The molecule has 0 bridgehead atoms. The molecule has 0 aromatic carbocycles. The predicted octanol–water partition coefficient (Wildman–Crippen LogP) is 0.161. The standard InChI is InChI=1S/C10H10N2O2S/c1-2-6-11-9(13)8-15-10-5-3-4-7-12(10)14/h1,3-5,7H,6,8H2,(H,11,13). The van der Waals surface area contributed by atoms with E-state index in [2.05, 4.69) is 11.2 Å². The number of rotatable bonds is 4. The Bertz CT molecular complexity index is 387. The number of pyridine rings is 1. The predicted molar refractivity (Wildman–Crippen MR) is 58.0 cm³/mol. The Hall–Kier alpha value is -1.67. The third kappa shape index (κ3) is 3.92. The highest BCUT2D eigenvalue weighted by Gasteiger charge is 2.07. The number of thioether (sulfide) groups is 1. The molecule has 1 aromatic rings. The van der Waals surface area contributed by atoms with Crippen molar-refractivity contribution in [1.82, 2.24) is 5.32 Å². The number of hydrogen-bond acceptors (Lipinski definition) is 3. The zero-order valence-electron chi connectivity index (χ0n) is 7.97. The van der Waals surface area contributed by atoms with E-state index in [-0.39, 0.29) is 18.2 Å². The summed E-state index contributed by atoms with van der Waals surface area (Å²) in [7, 11) is 0. The number of aromatic nitrogens is 1. The summed E-state index contributed by atoms with van der Waals surface area (Å²) in [6.45, 7) is 0.214. The molecule has 0 aliphatic rings. The molecule has 0 saturated carbocycles. The molecule has 78 valence electrons. The van der Waals surface area contributed by atoms with Crippen LogP contribution in [0.4, 0.5) is 0 Å². The Labute approximate surface area is 92.3 Å². The fraction of sp³-hybridized carbons (Fsp3) is 0.200. The van der Waals surface area contributed by atoms with Gasteiger partial charge in [0.2, 0.25) is 5.91 Å². The van der Waals surface area contributed by atoms with Crippen LogP contribution in [0.15, 0.2) is 29.4 Å². The van der Waals surface area contributed by atoms with Gasteiger partial charge in [-0.1, -0.05) is 5.92 Å². The van der Waals surface area contributed by atoms with Gasteiger partial charge in [-0.3, -0.25) is 4.79 Å². The van der Waals surface area contributed by atoms with Crippen LogP contribution in [0.5, 0.6) is 0 Å². The summed E-state index contributed by atoms with van der Waals surface area (Å²) in [6, 6.07) is 5.04. The van der Waals surface area contributed by atoms with Gasteiger partial charge in [0, 0.05) is 12.1 Å². The Morgan fingerprint density at radius 2 is 2.47 bits per heavy atom. The first-order valence-electron chi connectivity index (χ1n) is 4.25. The number of terminal acetylenes is 1. The molecule has 0 aliphatic carbocycles. The average molecular weight is 222 g/mol. The van der Waals surface area contributed by atoms with Crippen LogP contribution < -0.4 is 10.0 Å². The Morgan fingerprint density at radius 1 is 1.67 bits per heavy atom. The van der Waals surface area contributed by atoms with Crippen LogP contribution in [-0.4, -0.2) is 18.2 Å². The monoisotopic (exact) mass is 222 g/mol. The summed E-state index contributed by atoms with van der Waals surface area (Å²) in [5, 5.41) is 14.2. The van der Waals surface area contributed by atoms with E-state index in [4.69, 9.17) is 6.42 Å². The number of carbonyl (C=O) groups excluding carboxylic acids is 1. The number of carbonyl (C=O) groups is 1. The molecule has 0 spiro atoms. The number of nitrogens with one attached hydrogen (secondary N) is 1. The van der Waals surface area contributed by atoms with E-state index in [1.54, 1.807) is 18.2 Å². The molecule has 0 fully saturated rings. The molecule has 1 heterocycles. The lowest BCUT2D eigenvalue weighted by atomic mass is 10.5. The second-order valence-corrected chi connectivity index (χ2v) is 3.63. The molecule has 1 N–H and O–H groups in total. The third-order valence-corrected chi connectivity index (χ3v) is 2.55. The largest absolute Gasteiger partial charge is 0.618 e. The van der Waals surface area contributed by atoms with Gasteiger partial charge < -0.3 is 10.5 Å². The van der Waals surface area contributed by atoms with Crippen molar-refractivity contribution in [1.29, 1.82) is 0 Å². The van der Waals surface area contributed by atoms with E-state index in [1.165, 1.54) is 18.0 Å². The quantitative estimate of drug-likeness (QED) is 0.342. The van der Waals surface area contributed by atoms with Crippen molar-refractivity contribution in [2.45, 2.75) is 5.03 Å². The van der Waals surface area contributed by atoms with Crippen molar-refractivity contribution in [2.75, 3.05) is 12.3 Å². The Kier molecular flexibility index (Phi) is 4.51. The first-order valence-corrected chi connectivity index (χ1v) is 5.23. The zero-order chi connectivity index (χ0) is 11.1. The highest BCUT2D eigenvalue weighted by atomic mass is 32.2. The minimum atomic E-state index is -0.179. The Balaban J connectivity index is 2.41. The van der Waals surface area contributed by atoms with Crippen molar-refractivity contribution in [3.63, 3.8) is 0 Å². The van der Waals surface area contributed by atoms with Crippen LogP contribution in [-0.2, 0) is 4.79 Å². The Morgan fingerprint density at radius 3 is 3.13 bits per heavy atom. The minimum absolute atomic E-state index is 0.179. The lowest BCUT2D eigenvalue weighted by molar-refractivity contribution is -0.645. The number of amides is 1. The van der Waals surface area contributed by atoms with E-state index in [1.807, 2.05) is 0 Å². The SMILES string of the molecule is C#CCNC(=O)CSc1cccc[n+]1[O-]. The van der Waals surface area contributed by atoms with Gasteiger partial charge in [-0.25, -0.2) is 0 Å². The van der Waals surface area contributed by atoms with E-state index in [0.29, 0.717) is 5.03 Å². The van der Waals surface area contributed by atoms with E-state index in [0.717, 1.165) is 4.73 Å². The molecule has 0 unspecified atom stereocenters. The van der Waals surface area contributed by atoms with Crippen molar-refractivity contribution in [3.8, 4) is 12.3 Å². The summed E-state index contributed by atoms with van der Waals surface area (Å²) < 4.78 is 0.721. The molecular formula is C10H10N2O2S. The highest BCUT2D eigenvalue weighted by molar-refractivity contribution is 7.99. The highest BCUT2D eigenvalue weighted by Crippen LogP contribution is 2.11. The second-order valence-electron chi connectivity index (χ2n) is 2.63. The number of nitrogens with zero attached hydrogens (tertiary/aromatic N) is 1. The summed E-state index contributed by atoms with van der Waals surface area (Å²) in [6.07, 6.45) is 6.37. The van der Waals surface area contributed by atoms with Crippen molar-refractivity contribution in [2.24, 2.45) is 0 Å². The topological polar surface area (TPSA) is 56.0 Å². The second kappa shape index (κ2) is 5.94. The van der Waals surface area contributed by atoms with Crippen molar-refractivity contribution < 1.29 is 9.52 Å². The minimum Gasteiger partial charge on any atom is -0.618 e. The maximum Gasteiger partial charge on any atom is 0.251 e. The van der Waals surface area contributed by atoms with Crippen LogP contribution in [0.2, 0.25) is 0 Å². The molecule has 1 aromatic heterocycles. The fourth-order valence-electron chi connectivity index (χ4n) is 0.865. The summed E-state index contributed by atoms with van der Waals surface area (Å²) >= 11 is 1.18. The van der Waals surface area contributed by atoms with Crippen LogP contribution >= 0.6 is 11.8 Å². The van der Waals surface area contributed by atoms with Gasteiger partial charge in [0.1, 0.15) is 0 Å². The molecule has 4 nitrogen and oxygen atoms in total. The number of hydrogen-bond donors (Lipinski definition) is 1. The molecular weight excluding hydrogens is 212 g/mol. The summed E-state index contributed by atoms with van der Waals surface area (Å²) in [4.78, 5) is 11.1. The van der Waals surface area contributed by atoms with Crippen molar-refractivity contribution in [3.05, 3.63) is 29.6 Å². The van der Waals surface area contributed by atoms with Gasteiger partial charge in [0.05, 0.1) is 12.3 Å². The molecule has 5 heteroatoms. The summed E-state index contributed by atoms with van der Waals surface area (Å²) in [5.41, 5.74) is 0. The maximum atomic E-state index is 11.2. The molecule has 0 saturated heterocycles. The first kappa shape index (κ1) is 11.4. The van der Waals surface area contributed by atoms with Crippen LogP contribution in [0.1, 0.15) is 0 Å². The average Bonchev–Trinajstić information content (AvgIpc) is 2.25. The van der Waals surface area contributed by atoms with Gasteiger partial charge in [0.25, 0.3) is 5.03 Å². The smallest absolute Gasteiger partial charge is 0.251 e. The third-order valence-electron chi connectivity index (χ3n) is 1.53. The van der Waals surface area contributed by atoms with Crippen LogP contribution in [0.25, 0.3) is 0 Å². The van der Waals surface area contributed by atoms with Crippen LogP contribution in [0, 0.1) is 17.6 Å². The van der Waals surface area contributed by atoms with E-state index < -0.39 is 0 Å². The fourth-order valence-corrected chi connectivity index (χ4v) is 1.61. The van der Waals surface area contributed by atoms with Gasteiger partial charge in [0.15, 0.2) is 6.20 Å². The first-order chi connectivity index (χ1) is 7.24. The normalized spacial score (nSPS) is 9.27. The molecule has 0 radical (unpaired) electrons. The molecule has 1 rings (SSSR count). The van der Waals surface area contributed by atoms with E-state index >= 15 is 0 Å². The van der Waals surface area contributed by atoms with Crippen LogP contribution in [0.3, 0.4) is 0 Å².